The molecule has 2 aliphatic carbocycles. The van der Waals surface area contributed by atoms with E-state index in [1.807, 2.05) is 24.3 Å². The Balaban J connectivity index is 1.18. The van der Waals surface area contributed by atoms with E-state index in [4.69, 9.17) is 21.1 Å². The smallest absolute Gasteiger partial charge is 0.337 e. The van der Waals surface area contributed by atoms with Gasteiger partial charge in [0, 0.05) is 42.3 Å². The minimum absolute atomic E-state index is 0.0871. The Kier molecular flexibility index (Phi) is 10.2. The van der Waals surface area contributed by atoms with Gasteiger partial charge in [0.05, 0.1) is 30.2 Å². The summed E-state index contributed by atoms with van der Waals surface area (Å²) in [6, 6.07) is 13.2. The summed E-state index contributed by atoms with van der Waals surface area (Å²) in [6.45, 7) is 3.79. The van der Waals surface area contributed by atoms with Gasteiger partial charge in [-0.15, -0.1) is 0 Å². The van der Waals surface area contributed by atoms with Gasteiger partial charge in [-0.1, -0.05) is 30.7 Å². The largest absolute Gasteiger partial charge is 0.490 e. The molecule has 254 valence electrons. The third kappa shape index (κ3) is 7.01. The molecule has 1 fully saturated rings. The summed E-state index contributed by atoms with van der Waals surface area (Å²) in [6.07, 6.45) is 12.2. The second kappa shape index (κ2) is 14.4. The summed E-state index contributed by atoms with van der Waals surface area (Å²) in [4.78, 5) is 35.7. The van der Waals surface area contributed by atoms with Crippen LogP contribution in [0, 0.1) is 11.8 Å². The van der Waals surface area contributed by atoms with Crippen LogP contribution in [0.15, 0.2) is 72.2 Å². The first-order chi connectivity index (χ1) is 23.1. The highest BCUT2D eigenvalue weighted by molar-refractivity contribution is 7.91. The Morgan fingerprint density at radius 3 is 2.71 bits per heavy atom. The molecule has 0 bridgehead atoms. The molecule has 0 radical (unpaired) electrons. The summed E-state index contributed by atoms with van der Waals surface area (Å²) < 4.78 is 37.6. The molecular formula is C37H42ClN3O6S. The molecule has 9 nitrogen and oxygen atoms in total. The number of benzene rings is 2. The second-order valence-corrected chi connectivity index (χ2v) is 15.8. The second-order valence-electron chi connectivity index (χ2n) is 13.3. The van der Waals surface area contributed by atoms with E-state index in [1.54, 1.807) is 25.1 Å². The summed E-state index contributed by atoms with van der Waals surface area (Å²) in [5.74, 6) is 0.763. The average Bonchev–Trinajstić information content (AvgIpc) is 3.23. The summed E-state index contributed by atoms with van der Waals surface area (Å²) in [7, 11) is -2.33. The molecule has 0 amide bonds. The average molecular weight is 692 g/mol. The monoisotopic (exact) mass is 691 g/mol. The fourth-order valence-corrected chi connectivity index (χ4v) is 9.27. The number of aromatic nitrogens is 2. The van der Waals surface area contributed by atoms with Crippen LogP contribution in [0.2, 0.25) is 5.02 Å². The third-order valence-electron chi connectivity index (χ3n) is 10.3. The Morgan fingerprint density at radius 2 is 1.98 bits per heavy atom. The molecule has 11 heteroatoms. The number of fused-ring (bicyclic) bond motifs is 3. The van der Waals surface area contributed by atoms with Gasteiger partial charge in [-0.25, -0.2) is 23.2 Å². The van der Waals surface area contributed by atoms with Crippen LogP contribution in [-0.4, -0.2) is 62.2 Å². The minimum atomic E-state index is -3.72. The molecule has 3 aromatic rings. The molecule has 1 saturated carbocycles. The number of hydrogen-bond donors (Lipinski definition) is 0. The molecule has 0 N–H and O–H groups in total. The zero-order valence-electron chi connectivity index (χ0n) is 27.4. The van der Waals surface area contributed by atoms with Gasteiger partial charge < -0.3 is 14.4 Å². The predicted molar refractivity (Wildman–Crippen MR) is 184 cm³/mol. The fourth-order valence-electron chi connectivity index (χ4n) is 7.49. The van der Waals surface area contributed by atoms with Gasteiger partial charge in [-0.3, -0.25) is 4.79 Å². The number of halogens is 1. The lowest BCUT2D eigenvalue weighted by Crippen LogP contribution is -2.48. The first-order valence-electron chi connectivity index (χ1n) is 16.7. The van der Waals surface area contributed by atoms with Crippen LogP contribution < -0.4 is 9.64 Å². The number of carbonyl (C=O) groups is 2. The summed E-state index contributed by atoms with van der Waals surface area (Å²) in [5, 5.41) is -0.181. The van der Waals surface area contributed by atoms with Crippen molar-refractivity contribution in [3.8, 4) is 5.75 Å². The topological polar surface area (TPSA) is 116 Å². The van der Waals surface area contributed by atoms with E-state index in [0.29, 0.717) is 24.5 Å². The number of ether oxygens (including phenoxy) is 2. The molecule has 1 aromatic heterocycles. The molecule has 2 heterocycles. The quantitative estimate of drug-likeness (QED) is 0.125. The molecule has 48 heavy (non-hydrogen) atoms. The molecule has 2 aromatic carbocycles. The minimum Gasteiger partial charge on any atom is -0.490 e. The number of aryl methyl sites for hydroxylation is 1. The van der Waals surface area contributed by atoms with Crippen molar-refractivity contribution in [3.63, 3.8) is 0 Å². The molecule has 4 atom stereocenters. The van der Waals surface area contributed by atoms with Gasteiger partial charge >= 0.3 is 5.97 Å². The Hall–Kier alpha value is -3.76. The standard InChI is InChI=1S/C37H42ClN3O6S/c1-3-31(48(44,45)36-39-18-5-19-40-36)14-13-30(42)12-9-25-7-8-28(25)22-41-23-37(17-4-6-26-20-29(38)11-15-32(26)37)24-47-34-16-10-27(21-33(34)41)35(43)46-2/h5,9-12,15-16,18-21,25,28,31H,3-4,6-8,13-14,17,22-24H2,1-2H3/b12-9+/t25-,28-,31?,37-/m0/s1. The van der Waals surface area contributed by atoms with E-state index in [0.717, 1.165) is 61.7 Å². The maximum Gasteiger partial charge on any atom is 0.337 e. The zero-order chi connectivity index (χ0) is 33.9. The maximum absolute atomic E-state index is 13.0. The molecule has 0 saturated heterocycles. The van der Waals surface area contributed by atoms with E-state index in [-0.39, 0.29) is 35.1 Å². The lowest BCUT2D eigenvalue weighted by Gasteiger charge is -2.44. The zero-order valence-corrected chi connectivity index (χ0v) is 29.0. The highest BCUT2D eigenvalue weighted by Crippen LogP contribution is 2.46. The number of sulfone groups is 1. The van der Waals surface area contributed by atoms with E-state index < -0.39 is 21.1 Å². The van der Waals surface area contributed by atoms with E-state index in [2.05, 4.69) is 27.0 Å². The summed E-state index contributed by atoms with van der Waals surface area (Å²) >= 11 is 6.40. The highest BCUT2D eigenvalue weighted by Gasteiger charge is 2.43. The number of anilines is 1. The van der Waals surface area contributed by atoms with Crippen molar-refractivity contribution in [2.75, 3.05) is 31.7 Å². The lowest BCUT2D eigenvalue weighted by molar-refractivity contribution is -0.114. The Labute approximate surface area is 287 Å². The number of hydrogen-bond acceptors (Lipinski definition) is 9. The fraction of sp³-hybridized carbons (Fsp3) is 0.459. The number of nitrogens with zero attached hydrogens (tertiary/aromatic N) is 3. The summed E-state index contributed by atoms with van der Waals surface area (Å²) in [5.41, 5.74) is 3.63. The van der Waals surface area contributed by atoms with Crippen molar-refractivity contribution in [2.45, 2.75) is 74.1 Å². The van der Waals surface area contributed by atoms with Gasteiger partial charge in [0.15, 0.2) is 5.78 Å². The molecule has 3 aliphatic rings. The number of ketones is 1. The first kappa shape index (κ1) is 34.1. The SMILES string of the molecule is CCC(CCC(=O)/C=C/[C@@H]1CC[C@H]1CN1C[C@@]2(CCCc3cc(Cl)ccc32)COc2ccc(C(=O)OC)cc21)S(=O)(=O)c1ncccn1. The van der Waals surface area contributed by atoms with Crippen molar-refractivity contribution in [1.82, 2.24) is 9.97 Å². The number of esters is 1. The van der Waals surface area contributed by atoms with E-state index in [1.165, 1.54) is 30.6 Å². The van der Waals surface area contributed by atoms with Gasteiger partial charge in [-0.05, 0) is 110 Å². The molecule has 1 aliphatic heterocycles. The van der Waals surface area contributed by atoms with Gasteiger partial charge in [-0.2, -0.15) is 0 Å². The van der Waals surface area contributed by atoms with E-state index in [9.17, 15) is 18.0 Å². The number of allylic oxidation sites excluding steroid dienone is 2. The van der Waals surface area contributed by atoms with Crippen molar-refractivity contribution < 1.29 is 27.5 Å². The van der Waals surface area contributed by atoms with Gasteiger partial charge in [0.2, 0.25) is 15.0 Å². The molecule has 6 rings (SSSR count). The van der Waals surface area contributed by atoms with Crippen LogP contribution >= 0.6 is 11.6 Å². The number of carbonyl (C=O) groups excluding carboxylic acids is 2. The normalized spacial score (nSPS) is 22.6. The van der Waals surface area contributed by atoms with Crippen molar-refractivity contribution in [2.24, 2.45) is 11.8 Å². The van der Waals surface area contributed by atoms with Gasteiger partial charge in [0.25, 0.3) is 0 Å². The van der Waals surface area contributed by atoms with Gasteiger partial charge in [0.1, 0.15) is 5.75 Å². The maximum atomic E-state index is 13.0. The van der Waals surface area contributed by atoms with Crippen molar-refractivity contribution in [3.05, 3.63) is 88.7 Å². The number of rotatable bonds is 11. The van der Waals surface area contributed by atoms with E-state index >= 15 is 0 Å². The van der Waals surface area contributed by atoms with Crippen LogP contribution in [0.5, 0.6) is 5.75 Å². The first-order valence-corrected chi connectivity index (χ1v) is 18.7. The van der Waals surface area contributed by atoms with Crippen LogP contribution in [0.3, 0.4) is 0 Å². The molecule has 1 spiro atoms. The van der Waals surface area contributed by atoms with Crippen LogP contribution in [0.25, 0.3) is 0 Å². The molecule has 1 unspecified atom stereocenters. The van der Waals surface area contributed by atoms with Crippen molar-refractivity contribution in [1.29, 1.82) is 0 Å². The van der Waals surface area contributed by atoms with Crippen molar-refractivity contribution >= 4 is 38.9 Å². The van der Waals surface area contributed by atoms with Crippen LogP contribution in [0.1, 0.15) is 73.4 Å². The Bertz CT molecular complexity index is 1800. The highest BCUT2D eigenvalue weighted by atomic mass is 35.5. The van der Waals surface area contributed by atoms with Crippen LogP contribution in [-0.2, 0) is 31.2 Å². The Morgan fingerprint density at radius 1 is 1.17 bits per heavy atom. The predicted octanol–water partition coefficient (Wildman–Crippen LogP) is 6.57. The van der Waals surface area contributed by atoms with Crippen LogP contribution in [0.4, 0.5) is 5.69 Å². The molecular weight excluding hydrogens is 650 g/mol. The lowest BCUT2D eigenvalue weighted by atomic mass is 9.69. The number of methoxy groups -OCH3 is 1. The third-order valence-corrected chi connectivity index (χ3v) is 12.7.